The van der Waals surface area contributed by atoms with E-state index in [-0.39, 0.29) is 5.56 Å². The minimum atomic E-state index is -0.118. The molecule has 5 nitrogen and oxygen atoms in total. The summed E-state index contributed by atoms with van der Waals surface area (Å²) in [6.45, 7) is 1.98. The number of rotatable bonds is 4. The zero-order valence-electron chi connectivity index (χ0n) is 20.0. The van der Waals surface area contributed by atoms with Gasteiger partial charge in [0.1, 0.15) is 11.6 Å². The van der Waals surface area contributed by atoms with Crippen molar-refractivity contribution in [3.05, 3.63) is 130 Å². The fourth-order valence-electron chi connectivity index (χ4n) is 3.95. The summed E-state index contributed by atoms with van der Waals surface area (Å²) in [5.74, 6) is 7.64. The van der Waals surface area contributed by atoms with Gasteiger partial charge in [0.05, 0.1) is 23.7 Å². The molecule has 2 aromatic heterocycles. The van der Waals surface area contributed by atoms with Crippen LogP contribution in [0.4, 0.5) is 0 Å². The first kappa shape index (κ1) is 22.8. The van der Waals surface area contributed by atoms with Gasteiger partial charge in [0, 0.05) is 23.5 Å². The average molecular weight is 470 g/mol. The van der Waals surface area contributed by atoms with Crippen LogP contribution in [0.15, 0.2) is 96.1 Å². The van der Waals surface area contributed by atoms with Crippen LogP contribution < -0.4 is 10.3 Å². The summed E-state index contributed by atoms with van der Waals surface area (Å²) in [6, 6.07) is 24.7. The van der Waals surface area contributed by atoms with Gasteiger partial charge in [0.25, 0.3) is 5.56 Å². The van der Waals surface area contributed by atoms with Crippen LogP contribution in [0.5, 0.6) is 5.75 Å². The highest BCUT2D eigenvalue weighted by molar-refractivity contribution is 5.80. The monoisotopic (exact) mass is 469 g/mol. The van der Waals surface area contributed by atoms with Gasteiger partial charge in [-0.05, 0) is 78.7 Å². The largest absolute Gasteiger partial charge is 0.497 e. The van der Waals surface area contributed by atoms with E-state index in [0.717, 1.165) is 33.7 Å². The molecular weight excluding hydrogens is 446 g/mol. The molecule has 0 bridgehead atoms. The van der Waals surface area contributed by atoms with Crippen molar-refractivity contribution in [3.63, 3.8) is 0 Å². The quantitative estimate of drug-likeness (QED) is 0.318. The van der Waals surface area contributed by atoms with Gasteiger partial charge in [-0.2, -0.15) is 0 Å². The number of hydrogen-bond acceptors (Lipinski definition) is 4. The van der Waals surface area contributed by atoms with Crippen LogP contribution in [-0.2, 0) is 0 Å². The van der Waals surface area contributed by atoms with Crippen molar-refractivity contribution in [1.29, 1.82) is 0 Å². The Morgan fingerprint density at radius 3 is 2.44 bits per heavy atom. The van der Waals surface area contributed by atoms with Crippen molar-refractivity contribution in [1.82, 2.24) is 14.5 Å². The Morgan fingerprint density at radius 1 is 0.889 bits per heavy atom. The summed E-state index contributed by atoms with van der Waals surface area (Å²) in [4.78, 5) is 22.5. The fourth-order valence-corrected chi connectivity index (χ4v) is 3.95. The second-order valence-electron chi connectivity index (χ2n) is 8.23. The van der Waals surface area contributed by atoms with Crippen LogP contribution in [0.2, 0.25) is 0 Å². The highest BCUT2D eigenvalue weighted by Crippen LogP contribution is 2.20. The van der Waals surface area contributed by atoms with Crippen molar-refractivity contribution in [2.45, 2.75) is 6.92 Å². The lowest BCUT2D eigenvalue weighted by Gasteiger charge is -2.14. The van der Waals surface area contributed by atoms with E-state index < -0.39 is 0 Å². The van der Waals surface area contributed by atoms with Crippen LogP contribution in [0.1, 0.15) is 28.1 Å². The number of aromatic nitrogens is 3. The molecule has 0 saturated heterocycles. The first-order chi connectivity index (χ1) is 17.6. The van der Waals surface area contributed by atoms with Crippen molar-refractivity contribution >= 4 is 23.1 Å². The molecule has 5 aromatic rings. The van der Waals surface area contributed by atoms with Gasteiger partial charge in [0.15, 0.2) is 0 Å². The van der Waals surface area contributed by atoms with Gasteiger partial charge in [-0.25, -0.2) is 4.98 Å². The zero-order valence-corrected chi connectivity index (χ0v) is 20.0. The molecule has 36 heavy (non-hydrogen) atoms. The van der Waals surface area contributed by atoms with E-state index in [1.165, 1.54) is 0 Å². The third-order valence-electron chi connectivity index (χ3n) is 5.79. The van der Waals surface area contributed by atoms with Gasteiger partial charge < -0.3 is 4.74 Å². The predicted molar refractivity (Wildman–Crippen MR) is 144 cm³/mol. The highest BCUT2D eigenvalue weighted by atomic mass is 16.5. The molecule has 0 fully saturated rings. The molecule has 5 heteroatoms. The molecule has 0 saturated carbocycles. The van der Waals surface area contributed by atoms with Gasteiger partial charge in [-0.15, -0.1) is 0 Å². The molecule has 0 aliphatic heterocycles. The van der Waals surface area contributed by atoms with Crippen LogP contribution in [0.25, 0.3) is 28.7 Å². The average Bonchev–Trinajstić information content (AvgIpc) is 2.92. The Labute approximate surface area is 209 Å². The number of ether oxygens (including phenoxy) is 1. The Bertz CT molecular complexity index is 1690. The first-order valence-corrected chi connectivity index (χ1v) is 11.5. The lowest BCUT2D eigenvalue weighted by atomic mass is 10.1. The topological polar surface area (TPSA) is 57.0 Å². The second-order valence-corrected chi connectivity index (χ2v) is 8.23. The predicted octanol–water partition coefficient (Wildman–Crippen LogP) is 5.67. The van der Waals surface area contributed by atoms with Crippen LogP contribution in [0.3, 0.4) is 0 Å². The number of aryl methyl sites for hydroxylation is 1. The third-order valence-corrected chi connectivity index (χ3v) is 5.79. The van der Waals surface area contributed by atoms with E-state index in [0.29, 0.717) is 16.7 Å². The molecule has 5 rings (SSSR count). The van der Waals surface area contributed by atoms with Crippen LogP contribution in [-0.4, -0.2) is 21.6 Å². The normalized spacial score (nSPS) is 10.8. The van der Waals surface area contributed by atoms with E-state index >= 15 is 0 Å². The molecule has 0 spiro atoms. The molecule has 2 heterocycles. The maximum Gasteiger partial charge on any atom is 0.266 e. The van der Waals surface area contributed by atoms with Gasteiger partial charge in [-0.3, -0.25) is 14.3 Å². The molecule has 0 atom stereocenters. The summed E-state index contributed by atoms with van der Waals surface area (Å²) in [5.41, 5.74) is 4.91. The van der Waals surface area contributed by atoms with E-state index in [1.807, 2.05) is 91.9 Å². The maximum atomic E-state index is 13.6. The molecule has 0 radical (unpaired) electrons. The van der Waals surface area contributed by atoms with Crippen molar-refractivity contribution in [3.8, 4) is 23.3 Å². The van der Waals surface area contributed by atoms with Crippen molar-refractivity contribution < 1.29 is 4.74 Å². The van der Waals surface area contributed by atoms with E-state index in [2.05, 4.69) is 16.8 Å². The van der Waals surface area contributed by atoms with E-state index in [4.69, 9.17) is 9.72 Å². The van der Waals surface area contributed by atoms with Gasteiger partial charge in [0.2, 0.25) is 0 Å². The van der Waals surface area contributed by atoms with Crippen LogP contribution >= 0.6 is 0 Å². The molecule has 0 amide bonds. The summed E-state index contributed by atoms with van der Waals surface area (Å²) < 4.78 is 6.91. The number of pyridine rings is 1. The van der Waals surface area contributed by atoms with E-state index in [1.54, 1.807) is 30.1 Å². The zero-order chi connectivity index (χ0) is 24.9. The molecular formula is C31H23N3O2. The lowest BCUT2D eigenvalue weighted by molar-refractivity contribution is 0.415. The minimum Gasteiger partial charge on any atom is -0.497 e. The summed E-state index contributed by atoms with van der Waals surface area (Å²) in [5, 5.41) is 0.568. The number of benzene rings is 3. The minimum absolute atomic E-state index is 0.118. The molecule has 3 aromatic carbocycles. The number of fused-ring (bicyclic) bond motifs is 1. The lowest BCUT2D eigenvalue weighted by Crippen LogP contribution is -2.23. The number of methoxy groups -OCH3 is 1. The second kappa shape index (κ2) is 10.1. The number of hydrogen-bond donors (Lipinski definition) is 0. The summed E-state index contributed by atoms with van der Waals surface area (Å²) in [7, 11) is 1.64. The van der Waals surface area contributed by atoms with E-state index in [9.17, 15) is 4.79 Å². The highest BCUT2D eigenvalue weighted by Gasteiger charge is 2.13. The van der Waals surface area contributed by atoms with Crippen LogP contribution in [0, 0.1) is 18.8 Å². The van der Waals surface area contributed by atoms with Crippen molar-refractivity contribution in [2.75, 3.05) is 7.11 Å². The Morgan fingerprint density at radius 2 is 1.69 bits per heavy atom. The van der Waals surface area contributed by atoms with Gasteiger partial charge >= 0.3 is 0 Å². The first-order valence-electron chi connectivity index (χ1n) is 11.5. The maximum absolute atomic E-state index is 13.6. The Hall–Kier alpha value is -4.95. The smallest absolute Gasteiger partial charge is 0.266 e. The summed E-state index contributed by atoms with van der Waals surface area (Å²) >= 11 is 0. The molecule has 0 N–H and O–H groups in total. The molecule has 0 unspecified atom stereocenters. The van der Waals surface area contributed by atoms with Crippen molar-refractivity contribution in [2.24, 2.45) is 0 Å². The standard InChI is InChI=1S/C31H23N3O2/c1-22-20-24(9-10-25-6-5-19-32-21-25)13-17-29(22)34-30(18-14-23-11-15-26(36-2)16-12-23)33-28-8-4-3-7-27(28)31(34)35/h3-8,11-21H,1-2H3/b18-14+. The fraction of sp³-hybridized carbons (Fsp3) is 0.0645. The SMILES string of the molecule is COc1ccc(/C=C/c2nc3ccccc3c(=O)n2-c2ccc(C#Cc3cccnc3)cc2C)cc1. The summed E-state index contributed by atoms with van der Waals surface area (Å²) in [6.07, 6.45) is 7.26. The van der Waals surface area contributed by atoms with Gasteiger partial charge in [-0.1, -0.05) is 42.2 Å². The Balaban J connectivity index is 1.60. The Kier molecular flexibility index (Phi) is 6.42. The molecule has 174 valence electrons. The molecule has 0 aliphatic carbocycles. The molecule has 0 aliphatic rings. The number of nitrogens with zero attached hydrogens (tertiary/aromatic N) is 3. The third kappa shape index (κ3) is 4.79. The number of para-hydroxylation sites is 1.